The number of aliphatic hydroxyl groups is 1. The van der Waals surface area contributed by atoms with Crippen molar-refractivity contribution in [2.24, 2.45) is 0 Å². The summed E-state index contributed by atoms with van der Waals surface area (Å²) in [6.45, 7) is 1.75. The lowest BCUT2D eigenvalue weighted by molar-refractivity contribution is -0.150. The zero-order chi connectivity index (χ0) is 18.7. The van der Waals surface area contributed by atoms with Crippen molar-refractivity contribution in [3.8, 4) is 17.2 Å². The van der Waals surface area contributed by atoms with E-state index in [0.717, 1.165) is 22.3 Å². The molecule has 0 radical (unpaired) electrons. The van der Waals surface area contributed by atoms with Crippen molar-refractivity contribution in [3.63, 3.8) is 0 Å². The van der Waals surface area contributed by atoms with Gasteiger partial charge in [-0.25, -0.2) is 0 Å². The molecule has 1 amide bonds. The molecule has 0 aliphatic carbocycles. The normalized spacial score (nSPS) is 21.8. The second-order valence-electron chi connectivity index (χ2n) is 6.54. The van der Waals surface area contributed by atoms with E-state index in [-0.39, 0.29) is 25.0 Å². The number of hydrogen-bond donors (Lipinski definition) is 1. The summed E-state index contributed by atoms with van der Waals surface area (Å²) in [5, 5.41) is 19.5. The molecule has 2 aromatic carbocycles. The molecule has 0 aromatic heterocycles. The number of benzene rings is 2. The molecule has 2 aromatic rings. The molecule has 5 heteroatoms. The van der Waals surface area contributed by atoms with Crippen LogP contribution in [0.3, 0.4) is 0 Å². The molecule has 0 bridgehead atoms. The van der Waals surface area contributed by atoms with Gasteiger partial charge in [0.2, 0.25) is 5.91 Å². The molecule has 1 fully saturated rings. The maximum absolute atomic E-state index is 12.3. The van der Waals surface area contributed by atoms with E-state index in [1.165, 1.54) is 12.0 Å². The van der Waals surface area contributed by atoms with Crippen LogP contribution in [0.5, 0.6) is 0 Å². The largest absolute Gasteiger partial charge is 0.394 e. The highest BCUT2D eigenvalue weighted by Gasteiger charge is 2.52. The van der Waals surface area contributed by atoms with Crippen molar-refractivity contribution in [1.29, 1.82) is 5.26 Å². The number of carbonyl (C=O) groups excluding carboxylic acids is 1. The van der Waals surface area contributed by atoms with E-state index >= 15 is 0 Å². The van der Waals surface area contributed by atoms with E-state index in [1.54, 1.807) is 0 Å². The smallest absolute Gasteiger partial charge is 0.249 e. The van der Waals surface area contributed by atoms with Gasteiger partial charge in [0.1, 0.15) is 12.6 Å². The fourth-order valence-corrected chi connectivity index (χ4v) is 3.78. The second kappa shape index (κ2) is 7.69. The van der Waals surface area contributed by atoms with E-state index in [9.17, 15) is 15.2 Å². The number of likely N-dealkylation sites (tertiary alicyclic amines) is 1. The van der Waals surface area contributed by atoms with E-state index in [4.69, 9.17) is 4.74 Å². The third-order valence-electron chi connectivity index (χ3n) is 4.94. The predicted molar refractivity (Wildman–Crippen MR) is 98.4 cm³/mol. The summed E-state index contributed by atoms with van der Waals surface area (Å²) in [6, 6.07) is 17.3. The summed E-state index contributed by atoms with van der Waals surface area (Å²) in [6.07, 6.45) is 0. The fourth-order valence-electron chi connectivity index (χ4n) is 3.78. The van der Waals surface area contributed by atoms with Crippen LogP contribution in [0.4, 0.5) is 0 Å². The van der Waals surface area contributed by atoms with Crippen LogP contribution in [-0.2, 0) is 9.53 Å². The molecule has 134 valence electrons. The zero-order valence-electron chi connectivity index (χ0n) is 14.9. The summed E-state index contributed by atoms with van der Waals surface area (Å²) in [4.78, 5) is 13.7. The second-order valence-corrected chi connectivity index (χ2v) is 6.54. The molecule has 0 saturated carbocycles. The Morgan fingerprint density at radius 1 is 1.27 bits per heavy atom. The van der Waals surface area contributed by atoms with Crippen LogP contribution >= 0.6 is 0 Å². The van der Waals surface area contributed by atoms with Crippen molar-refractivity contribution in [2.45, 2.75) is 24.9 Å². The van der Waals surface area contributed by atoms with Gasteiger partial charge in [-0.3, -0.25) is 4.79 Å². The Morgan fingerprint density at radius 2 is 2.04 bits per heavy atom. The highest BCUT2D eigenvalue weighted by atomic mass is 16.5. The summed E-state index contributed by atoms with van der Waals surface area (Å²) in [7, 11) is 1.44. The molecular weight excluding hydrogens is 328 g/mol. The number of amides is 1. The third kappa shape index (κ3) is 3.10. The van der Waals surface area contributed by atoms with Crippen molar-refractivity contribution in [2.75, 3.05) is 20.3 Å². The van der Waals surface area contributed by atoms with Crippen LogP contribution in [0.1, 0.15) is 17.0 Å². The Morgan fingerprint density at radius 3 is 2.69 bits per heavy atom. The van der Waals surface area contributed by atoms with Gasteiger partial charge in [0.15, 0.2) is 0 Å². The van der Waals surface area contributed by atoms with Crippen molar-refractivity contribution >= 4 is 5.91 Å². The molecule has 3 atom stereocenters. The quantitative estimate of drug-likeness (QED) is 0.899. The maximum Gasteiger partial charge on any atom is 0.249 e. The minimum atomic E-state index is -0.610. The molecule has 1 N–H and O–H groups in total. The van der Waals surface area contributed by atoms with E-state index in [0.29, 0.717) is 0 Å². The number of methoxy groups -OCH3 is 1. The van der Waals surface area contributed by atoms with Gasteiger partial charge >= 0.3 is 0 Å². The Bertz CT molecular complexity index is 843. The Balaban J connectivity index is 2.01. The van der Waals surface area contributed by atoms with Gasteiger partial charge in [-0.2, -0.15) is 5.26 Å². The third-order valence-corrected chi connectivity index (χ3v) is 4.94. The average Bonchev–Trinajstić information content (AvgIpc) is 2.62. The molecule has 5 nitrogen and oxygen atoms in total. The van der Waals surface area contributed by atoms with Gasteiger partial charge in [0.25, 0.3) is 0 Å². The van der Waals surface area contributed by atoms with Gasteiger partial charge in [0, 0.05) is 13.0 Å². The molecule has 0 unspecified atom stereocenters. The number of carbonyl (C=O) groups is 1. The monoisotopic (exact) mass is 350 g/mol. The van der Waals surface area contributed by atoms with Crippen LogP contribution in [-0.4, -0.2) is 48.3 Å². The summed E-state index contributed by atoms with van der Waals surface area (Å²) in [5.41, 5.74) is 4.22. The molecule has 1 aliphatic heterocycles. The average molecular weight is 350 g/mol. The van der Waals surface area contributed by atoms with E-state index in [2.05, 4.69) is 12.1 Å². The van der Waals surface area contributed by atoms with Crippen molar-refractivity contribution < 1.29 is 14.6 Å². The lowest BCUT2D eigenvalue weighted by Crippen LogP contribution is -2.66. The predicted octanol–water partition coefficient (Wildman–Crippen LogP) is 2.49. The first-order chi connectivity index (χ1) is 12.6. The number of nitrogens with zero attached hydrogens (tertiary/aromatic N) is 2. The SMILES string of the molecule is COCC(=O)N1[C@H](C#N)[C@H](c2ccccc2-c2cccc(C)c2)[C@@H]1CO. The van der Waals surface area contributed by atoms with Crippen LogP contribution in [0.2, 0.25) is 0 Å². The lowest BCUT2D eigenvalue weighted by atomic mass is 9.73. The number of rotatable bonds is 5. The first-order valence-corrected chi connectivity index (χ1v) is 8.59. The highest BCUT2D eigenvalue weighted by Crippen LogP contribution is 2.44. The fraction of sp³-hybridized carbons (Fsp3) is 0.333. The molecule has 26 heavy (non-hydrogen) atoms. The van der Waals surface area contributed by atoms with Gasteiger partial charge in [-0.15, -0.1) is 0 Å². The molecule has 3 rings (SSSR count). The van der Waals surface area contributed by atoms with Crippen LogP contribution in [0.15, 0.2) is 48.5 Å². The number of aryl methyl sites for hydroxylation is 1. The first-order valence-electron chi connectivity index (χ1n) is 8.59. The van der Waals surface area contributed by atoms with Gasteiger partial charge < -0.3 is 14.7 Å². The maximum atomic E-state index is 12.3. The van der Waals surface area contributed by atoms with Gasteiger partial charge in [0.05, 0.1) is 18.7 Å². The Kier molecular flexibility index (Phi) is 5.36. The van der Waals surface area contributed by atoms with Crippen molar-refractivity contribution in [1.82, 2.24) is 4.90 Å². The molecule has 0 spiro atoms. The minimum absolute atomic E-state index is 0.0963. The van der Waals surface area contributed by atoms with E-state index < -0.39 is 12.1 Å². The first kappa shape index (κ1) is 18.1. The lowest BCUT2D eigenvalue weighted by Gasteiger charge is -2.52. The number of ether oxygens (including phenoxy) is 1. The molecule has 1 saturated heterocycles. The van der Waals surface area contributed by atoms with Crippen LogP contribution in [0, 0.1) is 18.3 Å². The van der Waals surface area contributed by atoms with Crippen LogP contribution < -0.4 is 0 Å². The van der Waals surface area contributed by atoms with Gasteiger partial charge in [-0.05, 0) is 23.6 Å². The van der Waals surface area contributed by atoms with E-state index in [1.807, 2.05) is 49.4 Å². The molecule has 1 aliphatic rings. The molecule has 1 heterocycles. The summed E-state index contributed by atoms with van der Waals surface area (Å²) < 4.78 is 4.91. The standard InChI is InChI=1S/C21H22N2O3/c1-14-6-5-7-15(10-14)16-8-3-4-9-17(16)21-18(11-22)23(19(21)12-24)20(25)13-26-2/h3-10,18-19,21,24H,12-13H2,1-2H3/t18-,19+,21+/m1/s1. The number of aliphatic hydroxyl groups excluding tert-OH is 1. The summed E-state index contributed by atoms with van der Waals surface area (Å²) >= 11 is 0. The topological polar surface area (TPSA) is 73.6 Å². The zero-order valence-corrected chi connectivity index (χ0v) is 14.9. The van der Waals surface area contributed by atoms with Gasteiger partial charge in [-0.1, -0.05) is 54.1 Å². The number of hydrogen-bond acceptors (Lipinski definition) is 4. The Labute approximate surface area is 153 Å². The van der Waals surface area contributed by atoms with Crippen LogP contribution in [0.25, 0.3) is 11.1 Å². The Hall–Kier alpha value is -2.68. The van der Waals surface area contributed by atoms with Crippen molar-refractivity contribution in [3.05, 3.63) is 59.7 Å². The minimum Gasteiger partial charge on any atom is -0.394 e. The number of nitriles is 1. The highest BCUT2D eigenvalue weighted by molar-refractivity contribution is 5.81. The summed E-state index contributed by atoms with van der Waals surface area (Å²) in [5.74, 6) is -0.509. The molecular formula is C21H22N2O3.